The van der Waals surface area contributed by atoms with Gasteiger partial charge in [0.15, 0.2) is 0 Å². The Kier molecular flexibility index (Phi) is 4.63. The maximum atomic E-state index is 11.6. The van der Waals surface area contributed by atoms with Crippen LogP contribution in [0.5, 0.6) is 0 Å². The molecule has 0 radical (unpaired) electrons. The third-order valence-corrected chi connectivity index (χ3v) is 3.81. The van der Waals surface area contributed by atoms with Gasteiger partial charge in [0.05, 0.1) is 0 Å². The van der Waals surface area contributed by atoms with Crippen LogP contribution in [0.15, 0.2) is 29.2 Å². The molecule has 0 N–H and O–H groups in total. The Labute approximate surface area is 107 Å². The number of piperidine rings is 1. The quantitative estimate of drug-likeness (QED) is 0.768. The first-order valence-electron chi connectivity index (χ1n) is 6.27. The summed E-state index contributed by atoms with van der Waals surface area (Å²) in [6.07, 6.45) is 5.56. The van der Waals surface area contributed by atoms with E-state index in [0.29, 0.717) is 11.9 Å². The molecule has 94 valence electrons. The van der Waals surface area contributed by atoms with Crippen LogP contribution in [-0.4, -0.2) is 34.5 Å². The van der Waals surface area contributed by atoms with Crippen LogP contribution < -0.4 is 5.56 Å². The van der Waals surface area contributed by atoms with Gasteiger partial charge in [0.25, 0.3) is 5.56 Å². The van der Waals surface area contributed by atoms with Crippen molar-refractivity contribution in [1.29, 1.82) is 0 Å². The average Bonchev–Trinajstić information content (AvgIpc) is 2.38. The van der Waals surface area contributed by atoms with Gasteiger partial charge in [0.1, 0.15) is 0 Å². The fraction of sp³-hybridized carbons (Fsp3) is 0.615. The maximum absolute atomic E-state index is 11.6. The molecule has 0 saturated carbocycles. The fourth-order valence-corrected chi connectivity index (χ4v) is 2.76. The summed E-state index contributed by atoms with van der Waals surface area (Å²) in [6.45, 7) is 2.79. The van der Waals surface area contributed by atoms with E-state index in [-0.39, 0.29) is 5.56 Å². The molecule has 0 spiro atoms. The second-order valence-corrected chi connectivity index (χ2v) is 4.88. The summed E-state index contributed by atoms with van der Waals surface area (Å²) in [7, 11) is 0. The van der Waals surface area contributed by atoms with Gasteiger partial charge < -0.3 is 4.57 Å². The van der Waals surface area contributed by atoms with Crippen molar-refractivity contribution in [2.24, 2.45) is 0 Å². The number of aromatic nitrogens is 1. The van der Waals surface area contributed by atoms with Crippen molar-refractivity contribution in [3.63, 3.8) is 0 Å². The van der Waals surface area contributed by atoms with Gasteiger partial charge in [-0.2, -0.15) is 0 Å². The van der Waals surface area contributed by atoms with Crippen molar-refractivity contribution >= 4 is 11.6 Å². The number of rotatable bonds is 4. The molecule has 1 fully saturated rings. The van der Waals surface area contributed by atoms with Gasteiger partial charge in [-0.3, -0.25) is 9.69 Å². The number of halogens is 1. The van der Waals surface area contributed by atoms with Crippen LogP contribution in [0.25, 0.3) is 0 Å². The third-order valence-electron chi connectivity index (χ3n) is 3.45. The van der Waals surface area contributed by atoms with E-state index in [1.165, 1.54) is 19.3 Å². The Morgan fingerprint density at radius 2 is 2.18 bits per heavy atom. The minimum atomic E-state index is 0.0759. The lowest BCUT2D eigenvalue weighted by molar-refractivity contribution is 0.157. The van der Waals surface area contributed by atoms with Crippen molar-refractivity contribution < 1.29 is 0 Å². The van der Waals surface area contributed by atoms with Crippen LogP contribution in [0.4, 0.5) is 0 Å². The number of pyridine rings is 1. The van der Waals surface area contributed by atoms with Crippen molar-refractivity contribution in [1.82, 2.24) is 9.47 Å². The fourth-order valence-electron chi connectivity index (χ4n) is 2.41. The second-order valence-electron chi connectivity index (χ2n) is 4.57. The molecule has 1 aliphatic rings. The zero-order chi connectivity index (χ0) is 12.1. The predicted molar refractivity (Wildman–Crippen MR) is 70.6 cm³/mol. The highest BCUT2D eigenvalue weighted by Gasteiger charge is 2.20. The molecule has 0 amide bonds. The van der Waals surface area contributed by atoms with Gasteiger partial charge in [-0.1, -0.05) is 12.5 Å². The van der Waals surface area contributed by atoms with E-state index in [9.17, 15) is 4.79 Å². The summed E-state index contributed by atoms with van der Waals surface area (Å²) in [5, 5.41) is 0. The first-order chi connectivity index (χ1) is 8.31. The normalized spacial score (nSPS) is 21.6. The van der Waals surface area contributed by atoms with Crippen molar-refractivity contribution in [3.05, 3.63) is 34.7 Å². The van der Waals surface area contributed by atoms with Crippen molar-refractivity contribution in [2.75, 3.05) is 19.0 Å². The first-order valence-corrected chi connectivity index (χ1v) is 6.80. The molecule has 1 aromatic heterocycles. The molecule has 3 nitrogen and oxygen atoms in total. The summed E-state index contributed by atoms with van der Waals surface area (Å²) < 4.78 is 1.76. The van der Waals surface area contributed by atoms with Crippen LogP contribution in [0, 0.1) is 0 Å². The van der Waals surface area contributed by atoms with Crippen LogP contribution in [0.3, 0.4) is 0 Å². The molecule has 4 heteroatoms. The zero-order valence-electron chi connectivity index (χ0n) is 10.0. The van der Waals surface area contributed by atoms with E-state index in [1.807, 2.05) is 12.3 Å². The SMILES string of the molecule is O=c1ccccn1CCN1CCCCC1CCl. The van der Waals surface area contributed by atoms with Crippen LogP contribution in [-0.2, 0) is 6.54 Å². The summed E-state index contributed by atoms with van der Waals surface area (Å²) in [6, 6.07) is 5.78. The lowest BCUT2D eigenvalue weighted by Gasteiger charge is -2.34. The van der Waals surface area contributed by atoms with Crippen LogP contribution in [0.2, 0.25) is 0 Å². The largest absolute Gasteiger partial charge is 0.314 e. The number of hydrogen-bond donors (Lipinski definition) is 0. The molecule has 1 atom stereocenters. The van der Waals surface area contributed by atoms with Crippen molar-refractivity contribution in [2.45, 2.75) is 31.8 Å². The van der Waals surface area contributed by atoms with Crippen LogP contribution in [0.1, 0.15) is 19.3 Å². The molecule has 2 heterocycles. The summed E-state index contributed by atoms with van der Waals surface area (Å²) in [4.78, 5) is 14.0. The van der Waals surface area contributed by atoms with E-state index in [1.54, 1.807) is 16.7 Å². The second kappa shape index (κ2) is 6.22. The van der Waals surface area contributed by atoms with Gasteiger partial charge in [0.2, 0.25) is 0 Å². The number of likely N-dealkylation sites (tertiary alicyclic amines) is 1. The first kappa shape index (κ1) is 12.7. The van der Waals surface area contributed by atoms with Gasteiger partial charge >= 0.3 is 0 Å². The Balaban J connectivity index is 1.93. The molecular weight excluding hydrogens is 236 g/mol. The van der Waals surface area contributed by atoms with E-state index in [0.717, 1.165) is 19.6 Å². The molecule has 1 aliphatic heterocycles. The molecule has 1 unspecified atom stereocenters. The molecule has 17 heavy (non-hydrogen) atoms. The smallest absolute Gasteiger partial charge is 0.250 e. The topological polar surface area (TPSA) is 25.2 Å². The molecule has 0 aliphatic carbocycles. The Bertz CT molecular complexity index is 404. The minimum absolute atomic E-state index is 0.0759. The molecule has 1 aromatic rings. The standard InChI is InChI=1S/C13H19ClN2O/c14-11-12-5-1-3-7-15(12)9-10-16-8-4-2-6-13(16)17/h2,4,6,8,12H,1,3,5,7,9-11H2. The van der Waals surface area contributed by atoms with Crippen molar-refractivity contribution in [3.8, 4) is 0 Å². The lowest BCUT2D eigenvalue weighted by atomic mass is 10.0. The monoisotopic (exact) mass is 254 g/mol. The summed E-state index contributed by atoms with van der Waals surface area (Å²) in [5.41, 5.74) is 0.0759. The predicted octanol–water partition coefficient (Wildman–Crippen LogP) is 1.94. The number of nitrogens with zero attached hydrogens (tertiary/aromatic N) is 2. The lowest BCUT2D eigenvalue weighted by Crippen LogP contribution is -2.43. The average molecular weight is 255 g/mol. The molecule has 2 rings (SSSR count). The van der Waals surface area contributed by atoms with Gasteiger partial charge in [-0.05, 0) is 25.5 Å². The van der Waals surface area contributed by atoms with E-state index in [2.05, 4.69) is 4.90 Å². The molecular formula is C13H19ClN2O. The highest BCUT2D eigenvalue weighted by atomic mass is 35.5. The zero-order valence-corrected chi connectivity index (χ0v) is 10.8. The molecule has 0 aromatic carbocycles. The summed E-state index contributed by atoms with van der Waals surface area (Å²) >= 11 is 5.98. The van der Waals surface area contributed by atoms with E-state index < -0.39 is 0 Å². The minimum Gasteiger partial charge on any atom is -0.314 e. The molecule has 1 saturated heterocycles. The molecule has 0 bridgehead atoms. The van der Waals surface area contributed by atoms with Gasteiger partial charge in [-0.15, -0.1) is 11.6 Å². The van der Waals surface area contributed by atoms with E-state index >= 15 is 0 Å². The Morgan fingerprint density at radius 3 is 2.94 bits per heavy atom. The third kappa shape index (κ3) is 3.33. The Hall–Kier alpha value is -0.800. The highest BCUT2D eigenvalue weighted by Crippen LogP contribution is 2.17. The van der Waals surface area contributed by atoms with Crippen LogP contribution >= 0.6 is 11.6 Å². The maximum Gasteiger partial charge on any atom is 0.250 e. The number of hydrogen-bond acceptors (Lipinski definition) is 2. The summed E-state index contributed by atoms with van der Waals surface area (Å²) in [5.74, 6) is 0.698. The number of alkyl halides is 1. The van der Waals surface area contributed by atoms with Gasteiger partial charge in [-0.25, -0.2) is 0 Å². The Morgan fingerprint density at radius 1 is 1.29 bits per heavy atom. The highest BCUT2D eigenvalue weighted by molar-refractivity contribution is 6.18. The van der Waals surface area contributed by atoms with Gasteiger partial charge in [0, 0.05) is 37.3 Å². The van der Waals surface area contributed by atoms with E-state index in [4.69, 9.17) is 11.6 Å².